The molecular weight excluding hydrogens is 386 g/mol. The minimum absolute atomic E-state index is 0.0143. The van der Waals surface area contributed by atoms with Gasteiger partial charge in [0.1, 0.15) is 35.6 Å². The van der Waals surface area contributed by atoms with Crippen molar-refractivity contribution in [3.8, 4) is 17.2 Å². The van der Waals surface area contributed by atoms with Gasteiger partial charge in [0, 0.05) is 24.7 Å². The summed E-state index contributed by atoms with van der Waals surface area (Å²) >= 11 is 0. The molecule has 0 radical (unpaired) electrons. The zero-order valence-electron chi connectivity index (χ0n) is 17.5. The van der Waals surface area contributed by atoms with E-state index in [-0.39, 0.29) is 24.2 Å². The quantitative estimate of drug-likeness (QED) is 0.751. The fraction of sp³-hybridized carbons (Fsp3) is 0.435. The maximum absolute atomic E-state index is 13.0. The van der Waals surface area contributed by atoms with E-state index in [1.165, 1.54) is 0 Å². The summed E-state index contributed by atoms with van der Waals surface area (Å²) in [5, 5.41) is 0. The Kier molecular flexibility index (Phi) is 6.11. The Hall–Kier alpha value is -2.77. The van der Waals surface area contributed by atoms with E-state index in [0.29, 0.717) is 37.6 Å². The average Bonchev–Trinajstić information content (AvgIpc) is 3.09. The van der Waals surface area contributed by atoms with Crippen LogP contribution in [-0.2, 0) is 9.47 Å². The molecule has 2 aliphatic heterocycles. The molecule has 0 aliphatic carbocycles. The van der Waals surface area contributed by atoms with Crippen LogP contribution in [0.5, 0.6) is 17.2 Å². The molecule has 2 aliphatic rings. The van der Waals surface area contributed by atoms with Gasteiger partial charge in [-0.25, -0.2) is 0 Å². The maximum Gasteiger partial charge on any atom is 0.254 e. The van der Waals surface area contributed by atoms with Crippen molar-refractivity contribution in [3.63, 3.8) is 0 Å². The summed E-state index contributed by atoms with van der Waals surface area (Å²) in [6, 6.07) is 13.0. The third kappa shape index (κ3) is 4.37. The van der Waals surface area contributed by atoms with Gasteiger partial charge in [-0.05, 0) is 42.8 Å². The molecule has 2 aromatic carbocycles. The van der Waals surface area contributed by atoms with Crippen molar-refractivity contribution < 1.29 is 28.5 Å². The SMILES string of the molecule is COc1cccc(OC2CO[C@H]3CN(C(=O)c4ccc(OC)cc4C)C[C@@H]3OC2)c1. The normalized spacial score (nSPS) is 21.6. The number of benzene rings is 2. The van der Waals surface area contributed by atoms with E-state index in [4.69, 9.17) is 23.7 Å². The number of aryl methyl sites for hydroxylation is 1. The number of nitrogens with zero attached hydrogens (tertiary/aromatic N) is 1. The molecule has 0 N–H and O–H groups in total. The number of amides is 1. The summed E-state index contributed by atoms with van der Waals surface area (Å²) in [4.78, 5) is 14.8. The number of carbonyl (C=O) groups is 1. The van der Waals surface area contributed by atoms with Crippen LogP contribution in [0.2, 0.25) is 0 Å². The molecule has 0 bridgehead atoms. The van der Waals surface area contributed by atoms with Gasteiger partial charge >= 0.3 is 0 Å². The van der Waals surface area contributed by atoms with Gasteiger partial charge < -0.3 is 28.6 Å². The molecule has 30 heavy (non-hydrogen) atoms. The number of methoxy groups -OCH3 is 2. The van der Waals surface area contributed by atoms with Crippen molar-refractivity contribution >= 4 is 5.91 Å². The second kappa shape index (κ2) is 8.93. The number of rotatable bonds is 5. The number of fused-ring (bicyclic) bond motifs is 1. The first-order chi connectivity index (χ1) is 14.6. The second-order valence-electron chi connectivity index (χ2n) is 7.55. The lowest BCUT2D eigenvalue weighted by molar-refractivity contribution is -0.00461. The van der Waals surface area contributed by atoms with Gasteiger partial charge in [-0.1, -0.05) is 6.07 Å². The predicted octanol–water partition coefficient (Wildman–Crippen LogP) is 2.70. The zero-order chi connectivity index (χ0) is 21.1. The van der Waals surface area contributed by atoms with Crippen LogP contribution < -0.4 is 14.2 Å². The van der Waals surface area contributed by atoms with E-state index in [1.807, 2.05) is 49.4 Å². The Morgan fingerprint density at radius 3 is 2.20 bits per heavy atom. The van der Waals surface area contributed by atoms with E-state index in [9.17, 15) is 4.79 Å². The van der Waals surface area contributed by atoms with Gasteiger partial charge in [-0.3, -0.25) is 4.79 Å². The fourth-order valence-electron chi connectivity index (χ4n) is 3.85. The highest BCUT2D eigenvalue weighted by atomic mass is 16.6. The van der Waals surface area contributed by atoms with E-state index >= 15 is 0 Å². The molecule has 1 amide bonds. The Morgan fingerprint density at radius 2 is 1.57 bits per heavy atom. The van der Waals surface area contributed by atoms with Gasteiger partial charge in [0.2, 0.25) is 0 Å². The summed E-state index contributed by atoms with van der Waals surface area (Å²) in [6.45, 7) is 3.73. The fourth-order valence-corrected chi connectivity index (χ4v) is 3.85. The predicted molar refractivity (Wildman–Crippen MR) is 111 cm³/mol. The highest BCUT2D eigenvalue weighted by Gasteiger charge is 2.40. The molecule has 160 valence electrons. The van der Waals surface area contributed by atoms with Gasteiger partial charge in [-0.2, -0.15) is 0 Å². The highest BCUT2D eigenvalue weighted by molar-refractivity contribution is 5.96. The van der Waals surface area contributed by atoms with Crippen LogP contribution in [0.3, 0.4) is 0 Å². The molecule has 0 saturated carbocycles. The Labute approximate surface area is 176 Å². The van der Waals surface area contributed by atoms with E-state index < -0.39 is 0 Å². The van der Waals surface area contributed by atoms with Gasteiger partial charge in [0.15, 0.2) is 0 Å². The largest absolute Gasteiger partial charge is 0.497 e. The number of hydrogen-bond donors (Lipinski definition) is 0. The van der Waals surface area contributed by atoms with E-state index in [0.717, 1.165) is 17.1 Å². The molecule has 2 aromatic rings. The lowest BCUT2D eigenvalue weighted by atomic mass is 10.1. The highest BCUT2D eigenvalue weighted by Crippen LogP contribution is 2.26. The van der Waals surface area contributed by atoms with Gasteiger partial charge in [0.05, 0.1) is 27.4 Å². The average molecular weight is 413 g/mol. The molecule has 0 unspecified atom stereocenters. The summed E-state index contributed by atoms with van der Waals surface area (Å²) < 4.78 is 28.6. The van der Waals surface area contributed by atoms with Gasteiger partial charge in [-0.15, -0.1) is 0 Å². The molecule has 0 spiro atoms. The minimum atomic E-state index is -0.212. The summed E-state index contributed by atoms with van der Waals surface area (Å²) in [5.74, 6) is 2.18. The lowest BCUT2D eigenvalue weighted by Crippen LogP contribution is -2.33. The lowest BCUT2D eigenvalue weighted by Gasteiger charge is -2.20. The van der Waals surface area contributed by atoms with Crippen LogP contribution in [0.1, 0.15) is 15.9 Å². The van der Waals surface area contributed by atoms with Gasteiger partial charge in [0.25, 0.3) is 5.91 Å². The Morgan fingerprint density at radius 1 is 0.933 bits per heavy atom. The first-order valence-corrected chi connectivity index (χ1v) is 10.0. The first kappa shape index (κ1) is 20.5. The molecule has 4 rings (SSSR count). The van der Waals surface area contributed by atoms with Crippen LogP contribution in [0.15, 0.2) is 42.5 Å². The van der Waals surface area contributed by atoms with Crippen LogP contribution in [0, 0.1) is 6.92 Å². The monoisotopic (exact) mass is 413 g/mol. The molecule has 7 nitrogen and oxygen atoms in total. The smallest absolute Gasteiger partial charge is 0.254 e. The first-order valence-electron chi connectivity index (χ1n) is 10.0. The molecule has 2 fully saturated rings. The molecule has 0 aromatic heterocycles. The molecule has 2 heterocycles. The third-order valence-corrected chi connectivity index (χ3v) is 5.50. The van der Waals surface area contributed by atoms with Crippen LogP contribution >= 0.6 is 0 Å². The van der Waals surface area contributed by atoms with Crippen molar-refractivity contribution in [2.24, 2.45) is 0 Å². The Bertz CT molecular complexity index is 885. The van der Waals surface area contributed by atoms with E-state index in [1.54, 1.807) is 19.1 Å². The number of ether oxygens (including phenoxy) is 5. The van der Waals surface area contributed by atoms with Crippen molar-refractivity contribution in [1.29, 1.82) is 0 Å². The van der Waals surface area contributed by atoms with Crippen molar-refractivity contribution in [1.82, 2.24) is 4.90 Å². The van der Waals surface area contributed by atoms with Crippen LogP contribution in [-0.4, -0.2) is 69.6 Å². The number of carbonyl (C=O) groups excluding carboxylic acids is 1. The molecule has 2 atom stereocenters. The summed E-state index contributed by atoms with van der Waals surface area (Å²) in [6.07, 6.45) is -0.534. The van der Waals surface area contributed by atoms with Crippen molar-refractivity contribution in [3.05, 3.63) is 53.6 Å². The standard InChI is InChI=1S/C23H27NO6/c1-15-9-17(27-3)7-8-20(15)23(25)24-11-21-22(12-24)29-14-19(13-28-21)30-18-6-4-5-16(10-18)26-2/h4-10,19,21-22H,11-14H2,1-3H3/t21-,22-/m0/s1. The number of likely N-dealkylation sites (tertiary alicyclic amines) is 1. The topological polar surface area (TPSA) is 66.5 Å². The minimum Gasteiger partial charge on any atom is -0.497 e. The summed E-state index contributed by atoms with van der Waals surface area (Å²) in [7, 11) is 3.24. The second-order valence-corrected chi connectivity index (χ2v) is 7.55. The van der Waals surface area contributed by atoms with Crippen molar-refractivity contribution in [2.45, 2.75) is 25.2 Å². The van der Waals surface area contributed by atoms with Crippen LogP contribution in [0.25, 0.3) is 0 Å². The maximum atomic E-state index is 13.0. The Balaban J connectivity index is 1.36. The van der Waals surface area contributed by atoms with Crippen molar-refractivity contribution in [2.75, 3.05) is 40.5 Å². The van der Waals surface area contributed by atoms with E-state index in [2.05, 4.69) is 0 Å². The molecular formula is C23H27NO6. The zero-order valence-corrected chi connectivity index (χ0v) is 17.5. The number of hydrogen-bond acceptors (Lipinski definition) is 6. The molecule has 2 saturated heterocycles. The van der Waals surface area contributed by atoms with Crippen LogP contribution in [0.4, 0.5) is 0 Å². The molecule has 7 heteroatoms. The third-order valence-electron chi connectivity index (χ3n) is 5.50. The summed E-state index contributed by atoms with van der Waals surface area (Å²) in [5.41, 5.74) is 1.56.